The maximum atomic E-state index is 13.0. The molecule has 4 rings (SSSR count). The molecule has 1 aliphatic heterocycles. The maximum absolute atomic E-state index is 13.0. The van der Waals surface area contributed by atoms with Crippen LogP contribution in [0.1, 0.15) is 37.6 Å². The van der Waals surface area contributed by atoms with Gasteiger partial charge in [-0.25, -0.2) is 9.48 Å². The van der Waals surface area contributed by atoms with Gasteiger partial charge in [-0.2, -0.15) is 5.10 Å². The summed E-state index contributed by atoms with van der Waals surface area (Å²) in [5.41, 5.74) is 2.00. The summed E-state index contributed by atoms with van der Waals surface area (Å²) in [6.07, 6.45) is 2.24. The number of fused-ring (bicyclic) bond motifs is 1. The fourth-order valence-corrected chi connectivity index (χ4v) is 3.84. The normalized spacial score (nSPS) is 16.5. The second-order valence-electron chi connectivity index (χ2n) is 8.95. The lowest BCUT2D eigenvalue weighted by Gasteiger charge is -2.27. The molecule has 0 bridgehead atoms. The molecular formula is C24H28N4O3. The van der Waals surface area contributed by atoms with Crippen molar-refractivity contribution in [1.82, 2.24) is 19.6 Å². The van der Waals surface area contributed by atoms with Crippen LogP contribution in [0, 0.1) is 0 Å². The minimum Gasteiger partial charge on any atom is -0.444 e. The summed E-state index contributed by atoms with van der Waals surface area (Å²) in [5.74, 6) is -0.0621. The number of aromatic nitrogens is 2. The van der Waals surface area contributed by atoms with E-state index in [-0.39, 0.29) is 18.0 Å². The fraction of sp³-hybridized carbons (Fsp3) is 0.375. The summed E-state index contributed by atoms with van der Waals surface area (Å²) < 4.78 is 7.31. The average molecular weight is 421 g/mol. The zero-order chi connectivity index (χ0) is 22.2. The lowest BCUT2D eigenvalue weighted by atomic mass is 10.1. The zero-order valence-electron chi connectivity index (χ0n) is 18.4. The Morgan fingerprint density at radius 3 is 2.52 bits per heavy atom. The van der Waals surface area contributed by atoms with Crippen LogP contribution in [-0.2, 0) is 4.74 Å². The van der Waals surface area contributed by atoms with Crippen molar-refractivity contribution in [3.05, 3.63) is 60.3 Å². The van der Waals surface area contributed by atoms with Crippen molar-refractivity contribution in [2.75, 3.05) is 20.1 Å². The first-order valence-electron chi connectivity index (χ1n) is 10.5. The molecule has 7 heteroatoms. The van der Waals surface area contributed by atoms with Gasteiger partial charge < -0.3 is 14.5 Å². The third-order valence-electron chi connectivity index (χ3n) is 5.52. The predicted molar refractivity (Wildman–Crippen MR) is 119 cm³/mol. The smallest absolute Gasteiger partial charge is 0.410 e. The summed E-state index contributed by atoms with van der Waals surface area (Å²) in [5, 5.41) is 5.53. The molecule has 3 aromatic rings. The molecule has 1 atom stereocenters. The van der Waals surface area contributed by atoms with Crippen LogP contribution in [0.3, 0.4) is 0 Å². The standard InChI is InChI=1S/C24H28N4O3/c1-24(2,3)31-23(30)27-14-13-20(16-27)26(4)22(29)17-9-11-19(12-10-17)28-21-8-6-5-7-18(21)15-25-28/h5-12,15,20H,13-14,16H2,1-4H3/t20-/m1/s1. The number of carbonyl (C=O) groups is 2. The molecule has 1 fully saturated rings. The van der Waals surface area contributed by atoms with Crippen LogP contribution in [0.4, 0.5) is 4.79 Å². The van der Waals surface area contributed by atoms with Crippen LogP contribution in [0.5, 0.6) is 0 Å². The molecule has 2 heterocycles. The molecule has 0 saturated carbocycles. The van der Waals surface area contributed by atoms with Crippen molar-refractivity contribution in [2.24, 2.45) is 0 Å². The van der Waals surface area contributed by atoms with Crippen molar-refractivity contribution in [3.63, 3.8) is 0 Å². The fourth-order valence-electron chi connectivity index (χ4n) is 3.84. The van der Waals surface area contributed by atoms with E-state index in [2.05, 4.69) is 5.10 Å². The number of benzene rings is 2. The molecular weight excluding hydrogens is 392 g/mol. The Hall–Kier alpha value is -3.35. The van der Waals surface area contributed by atoms with Crippen LogP contribution in [-0.4, -0.2) is 63.4 Å². The molecule has 0 spiro atoms. The number of nitrogens with zero attached hydrogens (tertiary/aromatic N) is 4. The summed E-state index contributed by atoms with van der Waals surface area (Å²) >= 11 is 0. The van der Waals surface area contributed by atoms with E-state index in [0.717, 1.165) is 23.0 Å². The molecule has 0 N–H and O–H groups in total. The van der Waals surface area contributed by atoms with Gasteiger partial charge in [-0.3, -0.25) is 4.79 Å². The van der Waals surface area contributed by atoms with Crippen LogP contribution in [0.25, 0.3) is 16.6 Å². The number of para-hydroxylation sites is 1. The van der Waals surface area contributed by atoms with Crippen LogP contribution in [0.15, 0.2) is 54.7 Å². The summed E-state index contributed by atoms with van der Waals surface area (Å²) in [6, 6.07) is 15.4. The highest BCUT2D eigenvalue weighted by molar-refractivity contribution is 5.94. The van der Waals surface area contributed by atoms with Crippen LogP contribution in [0.2, 0.25) is 0 Å². The van der Waals surface area contributed by atoms with Gasteiger partial charge in [0.15, 0.2) is 0 Å². The maximum Gasteiger partial charge on any atom is 0.410 e. The highest BCUT2D eigenvalue weighted by atomic mass is 16.6. The second-order valence-corrected chi connectivity index (χ2v) is 8.95. The molecule has 2 aromatic carbocycles. The van der Waals surface area contributed by atoms with Gasteiger partial charge in [0.1, 0.15) is 5.60 Å². The number of likely N-dealkylation sites (N-methyl/N-ethyl adjacent to an activating group) is 1. The summed E-state index contributed by atoms with van der Waals surface area (Å²) in [6.45, 7) is 6.62. The van der Waals surface area contributed by atoms with Gasteiger partial charge in [-0.05, 0) is 57.5 Å². The zero-order valence-corrected chi connectivity index (χ0v) is 18.4. The van der Waals surface area contributed by atoms with Crippen molar-refractivity contribution in [2.45, 2.75) is 38.8 Å². The van der Waals surface area contributed by atoms with Gasteiger partial charge in [0.05, 0.1) is 23.4 Å². The van der Waals surface area contributed by atoms with Crippen LogP contribution >= 0.6 is 0 Å². The van der Waals surface area contributed by atoms with Crippen LogP contribution < -0.4 is 0 Å². The first-order chi connectivity index (χ1) is 14.7. The molecule has 1 aromatic heterocycles. The summed E-state index contributed by atoms with van der Waals surface area (Å²) in [7, 11) is 1.79. The number of hydrogen-bond acceptors (Lipinski definition) is 4. The lowest BCUT2D eigenvalue weighted by Crippen LogP contribution is -2.41. The Kier molecular flexibility index (Phi) is 5.43. The number of likely N-dealkylation sites (tertiary alicyclic amines) is 1. The highest BCUT2D eigenvalue weighted by Crippen LogP contribution is 2.21. The lowest BCUT2D eigenvalue weighted by molar-refractivity contribution is 0.0279. The number of ether oxygens (including phenoxy) is 1. The van der Waals surface area contributed by atoms with E-state index in [1.165, 1.54) is 0 Å². The highest BCUT2D eigenvalue weighted by Gasteiger charge is 2.33. The topological polar surface area (TPSA) is 67.7 Å². The van der Waals surface area contributed by atoms with Gasteiger partial charge in [-0.15, -0.1) is 0 Å². The Balaban J connectivity index is 1.43. The van der Waals surface area contributed by atoms with E-state index in [4.69, 9.17) is 4.74 Å². The predicted octanol–water partition coefficient (Wildman–Crippen LogP) is 4.11. The minimum absolute atomic E-state index is 0.0326. The monoisotopic (exact) mass is 420 g/mol. The molecule has 0 aliphatic carbocycles. The number of amides is 2. The number of rotatable bonds is 3. The number of hydrogen-bond donors (Lipinski definition) is 0. The van der Waals surface area contributed by atoms with E-state index in [1.807, 2.05) is 80.2 Å². The molecule has 162 valence electrons. The Morgan fingerprint density at radius 1 is 1.10 bits per heavy atom. The first kappa shape index (κ1) is 20.9. The van der Waals surface area contributed by atoms with E-state index >= 15 is 0 Å². The molecule has 0 radical (unpaired) electrons. The Morgan fingerprint density at radius 2 is 1.81 bits per heavy atom. The largest absolute Gasteiger partial charge is 0.444 e. The quantitative estimate of drug-likeness (QED) is 0.640. The summed E-state index contributed by atoms with van der Waals surface area (Å²) in [4.78, 5) is 28.7. The minimum atomic E-state index is -0.529. The second kappa shape index (κ2) is 8.06. The number of carbonyl (C=O) groups excluding carboxylic acids is 2. The molecule has 31 heavy (non-hydrogen) atoms. The average Bonchev–Trinajstić information content (AvgIpc) is 3.39. The van der Waals surface area contributed by atoms with E-state index in [1.54, 1.807) is 16.8 Å². The molecule has 1 aliphatic rings. The Labute approximate surface area is 182 Å². The third kappa shape index (κ3) is 4.40. The van der Waals surface area contributed by atoms with E-state index in [0.29, 0.717) is 18.7 Å². The van der Waals surface area contributed by atoms with Crippen molar-refractivity contribution < 1.29 is 14.3 Å². The van der Waals surface area contributed by atoms with E-state index in [9.17, 15) is 9.59 Å². The van der Waals surface area contributed by atoms with Crippen molar-refractivity contribution >= 4 is 22.9 Å². The molecule has 7 nitrogen and oxygen atoms in total. The molecule has 1 saturated heterocycles. The SMILES string of the molecule is CN(C(=O)c1ccc(-n2ncc3ccccc32)cc1)[C@@H]1CCN(C(=O)OC(C)(C)C)C1. The molecule has 0 unspecified atom stereocenters. The van der Waals surface area contributed by atoms with Crippen molar-refractivity contribution in [3.8, 4) is 5.69 Å². The van der Waals surface area contributed by atoms with Gasteiger partial charge >= 0.3 is 6.09 Å². The van der Waals surface area contributed by atoms with Gasteiger partial charge in [0.25, 0.3) is 5.91 Å². The van der Waals surface area contributed by atoms with Gasteiger partial charge in [-0.1, -0.05) is 18.2 Å². The van der Waals surface area contributed by atoms with Crippen molar-refractivity contribution in [1.29, 1.82) is 0 Å². The van der Waals surface area contributed by atoms with Gasteiger partial charge in [0, 0.05) is 31.1 Å². The Bertz CT molecular complexity index is 1100. The first-order valence-corrected chi connectivity index (χ1v) is 10.5. The van der Waals surface area contributed by atoms with E-state index < -0.39 is 5.60 Å². The molecule has 2 amide bonds. The third-order valence-corrected chi connectivity index (χ3v) is 5.52. The van der Waals surface area contributed by atoms with Gasteiger partial charge in [0.2, 0.25) is 0 Å².